The summed E-state index contributed by atoms with van der Waals surface area (Å²) in [5.41, 5.74) is 1.85. The molecule has 6 nitrogen and oxygen atoms in total. The van der Waals surface area contributed by atoms with Crippen LogP contribution in [0, 0.1) is 13.3 Å². The van der Waals surface area contributed by atoms with Gasteiger partial charge in [-0.2, -0.15) is 5.10 Å². The molecular formula is C14H17N4O2. The van der Waals surface area contributed by atoms with E-state index in [1.807, 2.05) is 13.0 Å². The highest BCUT2D eigenvalue weighted by molar-refractivity contribution is 5.90. The summed E-state index contributed by atoms with van der Waals surface area (Å²) in [6, 6.07) is 1.91. The van der Waals surface area contributed by atoms with Crippen LogP contribution < -0.4 is 5.32 Å². The molecule has 1 atom stereocenters. The van der Waals surface area contributed by atoms with Gasteiger partial charge in [0.25, 0.3) is 0 Å². The molecule has 3 rings (SSSR count). The summed E-state index contributed by atoms with van der Waals surface area (Å²) in [5, 5.41) is 9.88. The lowest BCUT2D eigenvalue weighted by Crippen LogP contribution is -2.14. The van der Waals surface area contributed by atoms with Crippen molar-refractivity contribution in [1.82, 2.24) is 15.2 Å². The molecule has 2 N–H and O–H groups in total. The Labute approximate surface area is 117 Å². The summed E-state index contributed by atoms with van der Waals surface area (Å²) in [6.07, 6.45) is 7.30. The van der Waals surface area contributed by atoms with E-state index in [-0.39, 0.29) is 12.3 Å². The lowest BCUT2D eigenvalue weighted by molar-refractivity contribution is -0.115. The molecule has 20 heavy (non-hydrogen) atoms. The van der Waals surface area contributed by atoms with Gasteiger partial charge in [-0.15, -0.1) is 0 Å². The topological polar surface area (TPSA) is 83.8 Å². The lowest BCUT2D eigenvalue weighted by atomic mass is 10.0. The summed E-state index contributed by atoms with van der Waals surface area (Å²) < 4.78 is 5.15. The number of aromatic nitrogens is 3. The average molecular weight is 273 g/mol. The molecule has 1 amide bonds. The minimum absolute atomic E-state index is 0.118. The third-order valence-corrected chi connectivity index (χ3v) is 3.45. The number of hydrogen-bond acceptors (Lipinski definition) is 4. The SMILES string of the molecule is Cc1coc(CC(=O)Nc2cc([C@H]3C[CH]CC3)[nH]n2)n1. The van der Waals surface area contributed by atoms with Gasteiger partial charge in [0.05, 0.1) is 5.69 Å². The fraction of sp³-hybridized carbons (Fsp3) is 0.429. The number of nitrogens with zero attached hydrogens (tertiary/aromatic N) is 2. The smallest absolute Gasteiger partial charge is 0.234 e. The van der Waals surface area contributed by atoms with Crippen molar-refractivity contribution < 1.29 is 9.21 Å². The van der Waals surface area contributed by atoms with Crippen molar-refractivity contribution in [3.05, 3.63) is 36.0 Å². The molecule has 0 aromatic carbocycles. The number of anilines is 1. The lowest BCUT2D eigenvalue weighted by Gasteiger charge is -2.03. The summed E-state index contributed by atoms with van der Waals surface area (Å²) in [6.45, 7) is 1.82. The van der Waals surface area contributed by atoms with Gasteiger partial charge in [-0.05, 0) is 32.6 Å². The second kappa shape index (κ2) is 5.48. The van der Waals surface area contributed by atoms with Crippen molar-refractivity contribution in [3.8, 4) is 0 Å². The van der Waals surface area contributed by atoms with E-state index in [4.69, 9.17) is 4.42 Å². The van der Waals surface area contributed by atoms with Gasteiger partial charge >= 0.3 is 0 Å². The van der Waals surface area contributed by atoms with Crippen LogP contribution in [0.15, 0.2) is 16.7 Å². The maximum absolute atomic E-state index is 11.9. The summed E-state index contributed by atoms with van der Waals surface area (Å²) >= 11 is 0. The van der Waals surface area contributed by atoms with Crippen LogP contribution in [0.2, 0.25) is 0 Å². The number of aryl methyl sites for hydroxylation is 1. The number of oxazole rings is 1. The van der Waals surface area contributed by atoms with Crippen molar-refractivity contribution in [2.24, 2.45) is 0 Å². The molecule has 2 aromatic rings. The third kappa shape index (κ3) is 2.89. The monoisotopic (exact) mass is 273 g/mol. The number of nitrogens with one attached hydrogen (secondary N) is 2. The van der Waals surface area contributed by atoms with Crippen LogP contribution in [-0.4, -0.2) is 21.1 Å². The molecule has 105 valence electrons. The Morgan fingerprint density at radius 1 is 1.60 bits per heavy atom. The van der Waals surface area contributed by atoms with Gasteiger partial charge in [0, 0.05) is 17.7 Å². The molecule has 6 heteroatoms. The van der Waals surface area contributed by atoms with Gasteiger partial charge in [-0.25, -0.2) is 4.98 Å². The molecule has 2 heterocycles. The highest BCUT2D eigenvalue weighted by Crippen LogP contribution is 2.32. The Morgan fingerprint density at radius 3 is 3.20 bits per heavy atom. The fourth-order valence-corrected chi connectivity index (χ4v) is 2.46. The number of carbonyl (C=O) groups excluding carboxylic acids is 1. The van der Waals surface area contributed by atoms with Gasteiger partial charge in [-0.1, -0.05) is 0 Å². The number of rotatable bonds is 4. The standard InChI is InChI=1S/C14H17N4O2/c1-9-8-20-14(15-9)7-13(19)16-12-6-11(17-18-12)10-4-2-3-5-10/h2,6,8,10H,3-5,7H2,1H3,(H2,16,17,18,19)/t10-/m0/s1. The van der Waals surface area contributed by atoms with Crippen LogP contribution >= 0.6 is 0 Å². The molecule has 0 aliphatic heterocycles. The van der Waals surface area contributed by atoms with E-state index in [1.54, 1.807) is 0 Å². The largest absolute Gasteiger partial charge is 0.448 e. The fourth-order valence-electron chi connectivity index (χ4n) is 2.46. The Kier molecular flexibility index (Phi) is 3.54. The Hall–Kier alpha value is -2.11. The molecular weight excluding hydrogens is 256 g/mol. The van der Waals surface area contributed by atoms with Crippen LogP contribution in [0.4, 0.5) is 5.82 Å². The summed E-state index contributed by atoms with van der Waals surface area (Å²) in [7, 11) is 0. The maximum Gasteiger partial charge on any atom is 0.234 e. The van der Waals surface area contributed by atoms with Gasteiger partial charge < -0.3 is 9.73 Å². The summed E-state index contributed by atoms with van der Waals surface area (Å²) in [4.78, 5) is 16.0. The molecule has 1 fully saturated rings. The highest BCUT2D eigenvalue weighted by Gasteiger charge is 2.20. The minimum Gasteiger partial charge on any atom is -0.448 e. The third-order valence-electron chi connectivity index (χ3n) is 3.45. The van der Waals surface area contributed by atoms with E-state index in [2.05, 4.69) is 26.9 Å². The quantitative estimate of drug-likeness (QED) is 0.895. The number of carbonyl (C=O) groups is 1. The molecule has 0 unspecified atom stereocenters. The normalized spacial score (nSPS) is 15.7. The van der Waals surface area contributed by atoms with Crippen molar-refractivity contribution >= 4 is 11.7 Å². The minimum atomic E-state index is -0.178. The molecule has 1 aliphatic carbocycles. The first-order valence-corrected chi connectivity index (χ1v) is 6.78. The zero-order chi connectivity index (χ0) is 13.9. The van der Waals surface area contributed by atoms with E-state index in [1.165, 1.54) is 6.26 Å². The highest BCUT2D eigenvalue weighted by atomic mass is 16.3. The molecule has 1 saturated carbocycles. The van der Waals surface area contributed by atoms with E-state index < -0.39 is 0 Å². The second-order valence-electron chi connectivity index (χ2n) is 5.11. The van der Waals surface area contributed by atoms with Crippen molar-refractivity contribution in [1.29, 1.82) is 0 Å². The van der Waals surface area contributed by atoms with Crippen LogP contribution in [0.1, 0.15) is 42.5 Å². The van der Waals surface area contributed by atoms with Gasteiger partial charge in [-0.3, -0.25) is 9.89 Å². The van der Waals surface area contributed by atoms with Crippen molar-refractivity contribution in [2.75, 3.05) is 5.32 Å². The van der Waals surface area contributed by atoms with Gasteiger partial charge in [0.2, 0.25) is 11.8 Å². The van der Waals surface area contributed by atoms with E-state index >= 15 is 0 Å². The molecule has 1 aliphatic rings. The number of amides is 1. The number of hydrogen-bond donors (Lipinski definition) is 2. The predicted octanol–water partition coefficient (Wildman–Crippen LogP) is 2.36. The molecule has 2 aromatic heterocycles. The van der Waals surface area contributed by atoms with Crippen LogP contribution in [0.3, 0.4) is 0 Å². The molecule has 0 saturated heterocycles. The molecule has 0 spiro atoms. The number of aromatic amines is 1. The van der Waals surface area contributed by atoms with Crippen LogP contribution in [0.25, 0.3) is 0 Å². The van der Waals surface area contributed by atoms with Crippen molar-refractivity contribution in [2.45, 2.75) is 38.5 Å². The first-order chi connectivity index (χ1) is 9.70. The number of H-pyrrole nitrogens is 1. The first kappa shape index (κ1) is 12.9. The zero-order valence-corrected chi connectivity index (χ0v) is 11.3. The van der Waals surface area contributed by atoms with E-state index in [9.17, 15) is 4.79 Å². The van der Waals surface area contributed by atoms with Gasteiger partial charge in [0.1, 0.15) is 12.7 Å². The zero-order valence-electron chi connectivity index (χ0n) is 11.3. The summed E-state index contributed by atoms with van der Waals surface area (Å²) in [5.74, 6) is 1.30. The van der Waals surface area contributed by atoms with Crippen LogP contribution in [-0.2, 0) is 11.2 Å². The maximum atomic E-state index is 11.9. The molecule has 0 bridgehead atoms. The van der Waals surface area contributed by atoms with Crippen LogP contribution in [0.5, 0.6) is 0 Å². The van der Waals surface area contributed by atoms with Crippen molar-refractivity contribution in [3.63, 3.8) is 0 Å². The van der Waals surface area contributed by atoms with E-state index in [0.29, 0.717) is 17.6 Å². The Balaban J connectivity index is 1.58. The second-order valence-corrected chi connectivity index (χ2v) is 5.11. The molecule has 1 radical (unpaired) electrons. The van der Waals surface area contributed by atoms with Gasteiger partial charge in [0.15, 0.2) is 5.82 Å². The average Bonchev–Trinajstić information content (AvgIpc) is 3.10. The Morgan fingerprint density at radius 2 is 2.50 bits per heavy atom. The van der Waals surface area contributed by atoms with E-state index in [0.717, 1.165) is 30.7 Å². The Bertz CT molecular complexity index is 596. The first-order valence-electron chi connectivity index (χ1n) is 6.78. The predicted molar refractivity (Wildman–Crippen MR) is 73.1 cm³/mol.